The Hall–Kier alpha value is -3.82. The first kappa shape index (κ1) is 25.3. The monoisotopic (exact) mass is 491 g/mol. The molecule has 0 unspecified atom stereocenters. The van der Waals surface area contributed by atoms with Crippen molar-refractivity contribution in [1.82, 2.24) is 35.8 Å². The fourth-order valence-electron chi connectivity index (χ4n) is 4.54. The van der Waals surface area contributed by atoms with Crippen LogP contribution in [0, 0.1) is 12.8 Å². The number of pyridine rings is 1. The summed E-state index contributed by atoms with van der Waals surface area (Å²) in [6.07, 6.45) is 3.94. The highest BCUT2D eigenvalue weighted by Gasteiger charge is 2.23. The van der Waals surface area contributed by atoms with Gasteiger partial charge in [-0.1, -0.05) is 12.1 Å². The molecule has 2 amide bonds. The summed E-state index contributed by atoms with van der Waals surface area (Å²) >= 11 is 0. The van der Waals surface area contributed by atoms with Gasteiger partial charge >= 0.3 is 0 Å². The number of nitrogens with zero attached hydrogens (tertiary/aromatic N) is 5. The third kappa shape index (κ3) is 6.87. The van der Waals surface area contributed by atoms with Crippen LogP contribution in [0.3, 0.4) is 0 Å². The van der Waals surface area contributed by atoms with E-state index < -0.39 is 0 Å². The Morgan fingerprint density at radius 1 is 1.14 bits per heavy atom. The minimum absolute atomic E-state index is 0.0255. The summed E-state index contributed by atoms with van der Waals surface area (Å²) < 4.78 is 5.52. The zero-order valence-corrected chi connectivity index (χ0v) is 21.0. The van der Waals surface area contributed by atoms with Gasteiger partial charge in [0.15, 0.2) is 0 Å². The number of ether oxygens (including phenoxy) is 1. The largest absolute Gasteiger partial charge is 0.494 e. The van der Waals surface area contributed by atoms with Crippen molar-refractivity contribution in [3.05, 3.63) is 53.3 Å². The predicted octanol–water partition coefficient (Wildman–Crippen LogP) is 3.07. The maximum absolute atomic E-state index is 12.8. The number of tetrazole rings is 1. The summed E-state index contributed by atoms with van der Waals surface area (Å²) in [6.45, 7) is 6.96. The molecule has 10 nitrogen and oxygen atoms in total. The topological polar surface area (TPSA) is 124 Å². The van der Waals surface area contributed by atoms with Crippen molar-refractivity contribution in [3.63, 3.8) is 0 Å². The molecule has 1 aromatic carbocycles. The summed E-state index contributed by atoms with van der Waals surface area (Å²) in [5, 5.41) is 18.9. The van der Waals surface area contributed by atoms with Gasteiger partial charge in [0, 0.05) is 30.8 Å². The molecule has 1 aliphatic rings. The Bertz CT molecular complexity index is 1200. The van der Waals surface area contributed by atoms with E-state index in [9.17, 15) is 9.59 Å². The number of aromatic nitrogens is 5. The van der Waals surface area contributed by atoms with Gasteiger partial charge in [-0.3, -0.25) is 9.59 Å². The summed E-state index contributed by atoms with van der Waals surface area (Å²) in [5.74, 6) is 1.43. The van der Waals surface area contributed by atoms with E-state index in [-0.39, 0.29) is 17.9 Å². The molecule has 1 aliphatic carbocycles. The molecule has 2 aromatic heterocycles. The molecular weight excluding hydrogens is 458 g/mol. The molecule has 3 aromatic rings. The van der Waals surface area contributed by atoms with Crippen molar-refractivity contribution in [2.75, 3.05) is 6.61 Å². The van der Waals surface area contributed by atoms with Gasteiger partial charge in [0.1, 0.15) is 11.4 Å². The molecule has 190 valence electrons. The lowest BCUT2D eigenvalue weighted by Crippen LogP contribution is -2.36. The second kappa shape index (κ2) is 11.7. The molecule has 2 N–H and O–H groups in total. The first-order chi connectivity index (χ1) is 17.4. The first-order valence-electron chi connectivity index (χ1n) is 12.4. The lowest BCUT2D eigenvalue weighted by molar-refractivity contribution is -0.119. The van der Waals surface area contributed by atoms with Crippen molar-refractivity contribution in [3.8, 4) is 17.1 Å². The SMILES string of the molecule is CCOc1cccc(CNC(=O)c2cc(-c3nnn(CC4CCC(NC(C)=O)CC4)n3)cc(C)n2)c1. The third-order valence-electron chi connectivity index (χ3n) is 6.24. The van der Waals surface area contributed by atoms with Crippen molar-refractivity contribution >= 4 is 11.8 Å². The molecule has 0 radical (unpaired) electrons. The van der Waals surface area contributed by atoms with Crippen LogP contribution in [0.15, 0.2) is 36.4 Å². The fraction of sp³-hybridized carbons (Fsp3) is 0.462. The number of carbonyl (C=O) groups is 2. The molecule has 2 heterocycles. The minimum Gasteiger partial charge on any atom is -0.494 e. The zero-order chi connectivity index (χ0) is 25.5. The minimum atomic E-state index is -0.273. The Balaban J connectivity index is 1.37. The maximum Gasteiger partial charge on any atom is 0.270 e. The van der Waals surface area contributed by atoms with E-state index in [4.69, 9.17) is 4.74 Å². The van der Waals surface area contributed by atoms with Gasteiger partial charge in [-0.25, -0.2) is 4.98 Å². The highest BCUT2D eigenvalue weighted by Crippen LogP contribution is 2.26. The molecule has 36 heavy (non-hydrogen) atoms. The first-order valence-corrected chi connectivity index (χ1v) is 12.4. The van der Waals surface area contributed by atoms with Gasteiger partial charge in [-0.2, -0.15) is 4.80 Å². The lowest BCUT2D eigenvalue weighted by Gasteiger charge is -2.28. The van der Waals surface area contributed by atoms with Crippen LogP contribution in [-0.4, -0.2) is 49.7 Å². The number of carbonyl (C=O) groups excluding carboxylic acids is 2. The van der Waals surface area contributed by atoms with Crippen LogP contribution in [0.4, 0.5) is 0 Å². The van der Waals surface area contributed by atoms with E-state index in [1.54, 1.807) is 17.8 Å². The molecule has 4 rings (SSSR count). The summed E-state index contributed by atoms with van der Waals surface area (Å²) in [4.78, 5) is 30.1. The Labute approximate surface area is 210 Å². The number of hydrogen-bond donors (Lipinski definition) is 2. The van der Waals surface area contributed by atoms with Gasteiger partial charge in [-0.15, -0.1) is 10.2 Å². The number of rotatable bonds is 9. The van der Waals surface area contributed by atoms with E-state index in [2.05, 4.69) is 31.0 Å². The van der Waals surface area contributed by atoms with Gasteiger partial charge in [0.25, 0.3) is 5.91 Å². The van der Waals surface area contributed by atoms with E-state index in [0.717, 1.165) is 37.0 Å². The summed E-state index contributed by atoms with van der Waals surface area (Å²) in [7, 11) is 0. The molecule has 0 aliphatic heterocycles. The Morgan fingerprint density at radius 2 is 1.94 bits per heavy atom. The average molecular weight is 492 g/mol. The van der Waals surface area contributed by atoms with Gasteiger partial charge in [0.05, 0.1) is 13.2 Å². The van der Waals surface area contributed by atoms with Crippen molar-refractivity contribution < 1.29 is 14.3 Å². The van der Waals surface area contributed by atoms with Gasteiger partial charge in [-0.05, 0) is 80.5 Å². The standard InChI is InChI=1S/C26H33N7O3/c1-4-36-23-7-5-6-20(13-23)15-27-26(35)24-14-21(12-17(2)28-24)25-30-32-33(31-25)16-19-8-10-22(11-9-19)29-18(3)34/h5-7,12-14,19,22H,4,8-11,15-16H2,1-3H3,(H,27,35)(H,29,34). The van der Waals surface area contributed by atoms with Crippen LogP contribution in [-0.2, 0) is 17.9 Å². The van der Waals surface area contributed by atoms with Crippen molar-refractivity contribution in [1.29, 1.82) is 0 Å². The normalized spacial score (nSPS) is 17.4. The smallest absolute Gasteiger partial charge is 0.270 e. The van der Waals surface area contributed by atoms with Crippen LogP contribution in [0.1, 0.15) is 61.3 Å². The zero-order valence-electron chi connectivity index (χ0n) is 21.0. The number of benzene rings is 1. The second-order valence-corrected chi connectivity index (χ2v) is 9.23. The Kier molecular flexibility index (Phi) is 8.24. The van der Waals surface area contributed by atoms with E-state index in [1.807, 2.05) is 44.2 Å². The van der Waals surface area contributed by atoms with Crippen LogP contribution >= 0.6 is 0 Å². The molecule has 0 bridgehead atoms. The maximum atomic E-state index is 12.8. The van der Waals surface area contributed by atoms with Crippen molar-refractivity contribution in [2.24, 2.45) is 5.92 Å². The number of amides is 2. The quantitative estimate of drug-likeness (QED) is 0.471. The molecule has 1 fully saturated rings. The highest BCUT2D eigenvalue weighted by molar-refractivity contribution is 5.93. The summed E-state index contributed by atoms with van der Waals surface area (Å²) in [6, 6.07) is 11.4. The molecule has 10 heteroatoms. The number of aryl methyl sites for hydroxylation is 1. The number of nitrogens with one attached hydrogen (secondary N) is 2. The number of hydrogen-bond acceptors (Lipinski definition) is 7. The van der Waals surface area contributed by atoms with Crippen molar-refractivity contribution in [2.45, 2.75) is 65.6 Å². The van der Waals surface area contributed by atoms with E-state index >= 15 is 0 Å². The van der Waals surface area contributed by atoms with Crippen LogP contribution in [0.25, 0.3) is 11.4 Å². The molecule has 1 saturated carbocycles. The fourth-order valence-corrected chi connectivity index (χ4v) is 4.54. The van der Waals surface area contributed by atoms with E-state index in [1.165, 1.54) is 0 Å². The molecule has 0 atom stereocenters. The molecule has 0 saturated heterocycles. The van der Waals surface area contributed by atoms with Crippen LogP contribution in [0.2, 0.25) is 0 Å². The lowest BCUT2D eigenvalue weighted by atomic mass is 9.86. The molecule has 0 spiro atoms. The highest BCUT2D eigenvalue weighted by atomic mass is 16.5. The van der Waals surface area contributed by atoms with Gasteiger partial charge in [0.2, 0.25) is 11.7 Å². The van der Waals surface area contributed by atoms with E-state index in [0.29, 0.717) is 48.4 Å². The van der Waals surface area contributed by atoms with Gasteiger partial charge < -0.3 is 15.4 Å². The molecular formula is C26H33N7O3. The second-order valence-electron chi connectivity index (χ2n) is 9.23. The van der Waals surface area contributed by atoms with Crippen LogP contribution < -0.4 is 15.4 Å². The third-order valence-corrected chi connectivity index (χ3v) is 6.24. The summed E-state index contributed by atoms with van der Waals surface area (Å²) in [5.41, 5.74) is 2.65. The van der Waals surface area contributed by atoms with Crippen LogP contribution in [0.5, 0.6) is 5.75 Å². The predicted molar refractivity (Wildman–Crippen MR) is 134 cm³/mol. The average Bonchev–Trinajstić information content (AvgIpc) is 3.32. The Morgan fingerprint density at radius 3 is 2.69 bits per heavy atom.